The molecule has 0 aromatic heterocycles. The van der Waals surface area contributed by atoms with E-state index in [9.17, 15) is 27.0 Å². The van der Waals surface area contributed by atoms with Gasteiger partial charge in [-0.3, -0.25) is 9.11 Å². The van der Waals surface area contributed by atoms with Crippen LogP contribution in [-0.2, 0) is 20.2 Å². The van der Waals surface area contributed by atoms with E-state index in [0.29, 0.717) is 12.1 Å². The predicted molar refractivity (Wildman–Crippen MR) is 115 cm³/mol. The van der Waals surface area contributed by atoms with Crippen LogP contribution in [-0.4, -0.2) is 85.0 Å². The molecule has 2 fully saturated rings. The fourth-order valence-electron chi connectivity index (χ4n) is 3.82. The lowest BCUT2D eigenvalue weighted by Gasteiger charge is -2.23. The Hall–Kier alpha value is -0.340. The van der Waals surface area contributed by atoms with Crippen molar-refractivity contribution in [1.29, 1.82) is 0 Å². The zero-order valence-electron chi connectivity index (χ0n) is 17.4. The highest BCUT2D eigenvalue weighted by Gasteiger charge is 2.18. The van der Waals surface area contributed by atoms with Crippen molar-refractivity contribution in [3.8, 4) is 0 Å². The molecule has 180 valence electrons. The van der Waals surface area contributed by atoms with Crippen molar-refractivity contribution in [2.24, 2.45) is 0 Å². The van der Waals surface area contributed by atoms with E-state index in [1.807, 2.05) is 0 Å². The van der Waals surface area contributed by atoms with Gasteiger partial charge in [0, 0.05) is 25.2 Å². The third-order valence-electron chi connectivity index (χ3n) is 5.30. The van der Waals surface area contributed by atoms with Crippen LogP contribution in [0.1, 0.15) is 64.2 Å². The van der Waals surface area contributed by atoms with Gasteiger partial charge in [0.25, 0.3) is 20.2 Å². The van der Waals surface area contributed by atoms with Crippen LogP contribution in [0.5, 0.6) is 0 Å². The minimum atomic E-state index is -4.07. The zero-order valence-corrected chi connectivity index (χ0v) is 19.1. The van der Waals surface area contributed by atoms with Gasteiger partial charge in [-0.2, -0.15) is 16.8 Å². The second-order valence-electron chi connectivity index (χ2n) is 8.29. The predicted octanol–water partition coefficient (Wildman–Crippen LogP) is 0.315. The lowest BCUT2D eigenvalue weighted by molar-refractivity contribution is 0.181. The summed E-state index contributed by atoms with van der Waals surface area (Å²) >= 11 is 0. The van der Waals surface area contributed by atoms with Crippen molar-refractivity contribution in [3.63, 3.8) is 0 Å². The van der Waals surface area contributed by atoms with Crippen molar-refractivity contribution < 1.29 is 36.2 Å². The largest absolute Gasteiger partial charge is 0.391 e. The molecule has 2 rings (SSSR count). The van der Waals surface area contributed by atoms with Crippen molar-refractivity contribution in [2.75, 3.05) is 24.6 Å². The SMILES string of the molecule is O=S(=O)(O)CC(O)CNC1CCCCC1.O=S(=O)(O)CC(O)CNC1CCCCC1. The molecule has 0 radical (unpaired) electrons. The van der Waals surface area contributed by atoms with Crippen LogP contribution in [0, 0.1) is 0 Å². The third kappa shape index (κ3) is 15.5. The first-order valence-corrected chi connectivity index (χ1v) is 13.9. The van der Waals surface area contributed by atoms with Crippen molar-refractivity contribution in [2.45, 2.75) is 88.5 Å². The van der Waals surface area contributed by atoms with E-state index in [0.717, 1.165) is 25.7 Å². The lowest BCUT2D eigenvalue weighted by atomic mass is 9.95. The topological polar surface area (TPSA) is 173 Å². The highest BCUT2D eigenvalue weighted by atomic mass is 32.2. The zero-order chi connectivity index (χ0) is 22.6. The maximum atomic E-state index is 10.5. The summed E-state index contributed by atoms with van der Waals surface area (Å²) in [6.07, 6.45) is 9.53. The van der Waals surface area contributed by atoms with Gasteiger partial charge in [0.15, 0.2) is 0 Å². The molecule has 0 aromatic carbocycles. The van der Waals surface area contributed by atoms with Gasteiger partial charge in [-0.25, -0.2) is 0 Å². The number of nitrogens with one attached hydrogen (secondary N) is 2. The van der Waals surface area contributed by atoms with Crippen LogP contribution in [0.4, 0.5) is 0 Å². The van der Waals surface area contributed by atoms with E-state index in [-0.39, 0.29) is 13.1 Å². The Morgan fingerprint density at radius 3 is 1.20 bits per heavy atom. The maximum absolute atomic E-state index is 10.5. The van der Waals surface area contributed by atoms with E-state index in [4.69, 9.17) is 9.11 Å². The molecule has 2 atom stereocenters. The van der Waals surface area contributed by atoms with Crippen molar-refractivity contribution in [1.82, 2.24) is 10.6 Å². The number of aliphatic hydroxyl groups excluding tert-OH is 2. The first kappa shape index (κ1) is 27.7. The van der Waals surface area contributed by atoms with E-state index >= 15 is 0 Å². The van der Waals surface area contributed by atoms with Gasteiger partial charge < -0.3 is 20.8 Å². The minimum Gasteiger partial charge on any atom is -0.391 e. The summed E-state index contributed by atoms with van der Waals surface area (Å²) in [5, 5.41) is 24.9. The fraction of sp³-hybridized carbons (Fsp3) is 1.00. The Labute approximate surface area is 180 Å². The van der Waals surface area contributed by atoms with Crippen molar-refractivity contribution >= 4 is 20.2 Å². The first-order chi connectivity index (χ1) is 13.9. The molecule has 0 amide bonds. The average Bonchev–Trinajstić information content (AvgIpc) is 2.64. The molecule has 2 unspecified atom stereocenters. The van der Waals surface area contributed by atoms with E-state index in [2.05, 4.69) is 10.6 Å². The van der Waals surface area contributed by atoms with Gasteiger partial charge in [0.1, 0.15) is 11.5 Å². The van der Waals surface area contributed by atoms with Crippen LogP contribution < -0.4 is 10.6 Å². The normalized spacial score (nSPS) is 21.5. The molecule has 0 saturated heterocycles. The van der Waals surface area contributed by atoms with Crippen LogP contribution in [0.15, 0.2) is 0 Å². The number of hydrogen-bond donors (Lipinski definition) is 6. The molecule has 10 nitrogen and oxygen atoms in total. The van der Waals surface area contributed by atoms with E-state index < -0.39 is 43.9 Å². The van der Waals surface area contributed by atoms with Crippen LogP contribution in [0.2, 0.25) is 0 Å². The Balaban J connectivity index is 0.000000300. The third-order valence-corrected chi connectivity index (χ3v) is 6.91. The first-order valence-electron chi connectivity index (χ1n) is 10.7. The van der Waals surface area contributed by atoms with Crippen LogP contribution >= 0.6 is 0 Å². The highest BCUT2D eigenvalue weighted by Crippen LogP contribution is 2.18. The lowest BCUT2D eigenvalue weighted by Crippen LogP contribution is -2.39. The summed E-state index contributed by atoms with van der Waals surface area (Å²) in [5.41, 5.74) is 0. The Kier molecular flexibility index (Phi) is 12.9. The maximum Gasteiger partial charge on any atom is 0.267 e. The monoisotopic (exact) mass is 474 g/mol. The minimum absolute atomic E-state index is 0.227. The molecule has 12 heteroatoms. The number of aliphatic hydroxyl groups is 2. The van der Waals surface area contributed by atoms with E-state index in [1.165, 1.54) is 38.5 Å². The van der Waals surface area contributed by atoms with Crippen molar-refractivity contribution in [3.05, 3.63) is 0 Å². The number of rotatable bonds is 10. The fourth-order valence-corrected chi connectivity index (χ4v) is 5.03. The van der Waals surface area contributed by atoms with Gasteiger partial charge in [0.05, 0.1) is 12.2 Å². The second kappa shape index (κ2) is 13.9. The molecule has 0 spiro atoms. The molecule has 0 bridgehead atoms. The molecule has 0 aliphatic heterocycles. The summed E-state index contributed by atoms with van der Waals surface area (Å²) in [6, 6.07) is 0.768. The number of hydrogen-bond acceptors (Lipinski definition) is 8. The molecule has 0 aromatic rings. The van der Waals surface area contributed by atoms with Gasteiger partial charge in [-0.1, -0.05) is 38.5 Å². The molecule has 2 aliphatic carbocycles. The Bertz CT molecular complexity index is 602. The van der Waals surface area contributed by atoms with Crippen LogP contribution in [0.25, 0.3) is 0 Å². The highest BCUT2D eigenvalue weighted by molar-refractivity contribution is 7.86. The van der Waals surface area contributed by atoms with Gasteiger partial charge in [-0.15, -0.1) is 0 Å². The summed E-state index contributed by atoms with van der Waals surface area (Å²) in [6.45, 7) is 0.453. The molecule has 2 aliphatic rings. The molecule has 6 N–H and O–H groups in total. The Morgan fingerprint density at radius 2 is 0.933 bits per heavy atom. The summed E-state index contributed by atoms with van der Waals surface area (Å²) in [7, 11) is -8.13. The molecule has 30 heavy (non-hydrogen) atoms. The molecule has 2 saturated carbocycles. The van der Waals surface area contributed by atoms with Crippen LogP contribution in [0.3, 0.4) is 0 Å². The van der Waals surface area contributed by atoms with Gasteiger partial charge in [-0.05, 0) is 25.7 Å². The summed E-state index contributed by atoms with van der Waals surface area (Å²) < 4.78 is 58.9. The molecular weight excluding hydrogens is 436 g/mol. The van der Waals surface area contributed by atoms with E-state index in [1.54, 1.807) is 0 Å². The summed E-state index contributed by atoms with van der Waals surface area (Å²) in [4.78, 5) is 0. The molecular formula is C18H38N2O8S2. The quantitative estimate of drug-likeness (QED) is 0.242. The summed E-state index contributed by atoms with van der Waals surface area (Å²) in [5.74, 6) is -1.18. The standard InChI is InChI=1S/2C9H19NO4S/c2*11-9(7-15(12,13)14)6-10-8-4-2-1-3-5-8/h2*8-11H,1-7H2,(H,12,13,14). The Morgan fingerprint density at radius 1 is 0.633 bits per heavy atom. The van der Waals surface area contributed by atoms with Gasteiger partial charge >= 0.3 is 0 Å². The van der Waals surface area contributed by atoms with Gasteiger partial charge in [0.2, 0.25) is 0 Å². The average molecular weight is 475 g/mol. The molecule has 0 heterocycles. The smallest absolute Gasteiger partial charge is 0.267 e. The second-order valence-corrected chi connectivity index (χ2v) is 11.3.